The molecule has 0 bridgehead atoms. The lowest BCUT2D eigenvalue weighted by molar-refractivity contribution is -0.119. The zero-order valence-electron chi connectivity index (χ0n) is 9.97. The van der Waals surface area contributed by atoms with Crippen molar-refractivity contribution in [2.24, 2.45) is 5.14 Å². The molecule has 0 heterocycles. The van der Waals surface area contributed by atoms with Crippen LogP contribution in [0.25, 0.3) is 0 Å². The predicted octanol–water partition coefficient (Wildman–Crippen LogP) is -0.0725. The Hall–Kier alpha value is -1.64. The number of benzene rings is 1. The number of sulfonamides is 1. The first-order chi connectivity index (χ1) is 8.38. The van der Waals surface area contributed by atoms with Crippen LogP contribution >= 0.6 is 0 Å². The van der Waals surface area contributed by atoms with Crippen molar-refractivity contribution in [1.29, 1.82) is 0 Å². The van der Waals surface area contributed by atoms with Crippen LogP contribution in [0.1, 0.15) is 0 Å². The van der Waals surface area contributed by atoms with E-state index in [1.807, 2.05) is 0 Å². The fraction of sp³-hybridized carbons (Fsp3) is 0.300. The Labute approximate surface area is 105 Å². The summed E-state index contributed by atoms with van der Waals surface area (Å²) in [6.45, 7) is -0.128. The van der Waals surface area contributed by atoms with Crippen molar-refractivity contribution in [3.05, 3.63) is 18.2 Å². The summed E-state index contributed by atoms with van der Waals surface area (Å²) in [6, 6.07) is 4.13. The lowest BCUT2D eigenvalue weighted by atomic mass is 10.3. The van der Waals surface area contributed by atoms with Gasteiger partial charge in [-0.3, -0.25) is 4.79 Å². The fourth-order valence-corrected chi connectivity index (χ4v) is 2.03. The molecule has 0 unspecified atom stereocenters. The summed E-state index contributed by atoms with van der Waals surface area (Å²) in [5.74, 6) is -0.287. The first-order valence-electron chi connectivity index (χ1n) is 4.88. The second-order valence-corrected chi connectivity index (χ2v) is 4.92. The number of rotatable bonds is 5. The SMILES string of the molecule is COCC(=O)Nc1ccc(OC)c(S(N)(=O)=O)c1. The van der Waals surface area contributed by atoms with Gasteiger partial charge in [0, 0.05) is 12.8 Å². The Morgan fingerprint density at radius 2 is 2.06 bits per heavy atom. The molecule has 1 rings (SSSR count). The molecule has 0 atom stereocenters. The average molecular weight is 274 g/mol. The molecule has 0 radical (unpaired) electrons. The van der Waals surface area contributed by atoms with Crippen molar-refractivity contribution < 1.29 is 22.7 Å². The second kappa shape index (κ2) is 5.80. The third-order valence-corrected chi connectivity index (χ3v) is 2.96. The number of amides is 1. The van der Waals surface area contributed by atoms with Crippen molar-refractivity contribution in [1.82, 2.24) is 0 Å². The molecule has 7 nitrogen and oxygen atoms in total. The third-order valence-electron chi connectivity index (χ3n) is 2.03. The molecular formula is C10H14N2O5S. The monoisotopic (exact) mass is 274 g/mol. The van der Waals surface area contributed by atoms with Gasteiger partial charge in [-0.15, -0.1) is 0 Å². The van der Waals surface area contributed by atoms with Crippen LogP contribution in [0.4, 0.5) is 5.69 Å². The molecular weight excluding hydrogens is 260 g/mol. The maximum Gasteiger partial charge on any atom is 0.250 e. The summed E-state index contributed by atoms with van der Waals surface area (Å²) in [7, 11) is -1.22. The summed E-state index contributed by atoms with van der Waals surface area (Å²) in [5.41, 5.74) is 0.293. The molecule has 8 heteroatoms. The summed E-state index contributed by atoms with van der Waals surface area (Å²) in [5, 5.41) is 7.51. The molecule has 100 valence electrons. The molecule has 0 aromatic heterocycles. The van der Waals surface area contributed by atoms with Crippen molar-refractivity contribution >= 4 is 21.6 Å². The number of nitrogens with one attached hydrogen (secondary N) is 1. The number of ether oxygens (including phenoxy) is 2. The van der Waals surface area contributed by atoms with E-state index >= 15 is 0 Å². The van der Waals surface area contributed by atoms with Crippen LogP contribution in [-0.2, 0) is 19.6 Å². The highest BCUT2D eigenvalue weighted by Gasteiger charge is 2.16. The normalized spacial score (nSPS) is 11.1. The topological polar surface area (TPSA) is 108 Å². The van der Waals surface area contributed by atoms with Crippen molar-refractivity contribution in [3.8, 4) is 5.75 Å². The van der Waals surface area contributed by atoms with Crippen LogP contribution in [0.3, 0.4) is 0 Å². The van der Waals surface area contributed by atoms with E-state index in [0.29, 0.717) is 5.69 Å². The summed E-state index contributed by atoms with van der Waals surface area (Å²) in [6.07, 6.45) is 0. The van der Waals surface area contributed by atoms with E-state index in [1.165, 1.54) is 32.4 Å². The molecule has 1 aromatic rings. The van der Waals surface area contributed by atoms with Gasteiger partial charge in [-0.1, -0.05) is 0 Å². The number of nitrogens with two attached hydrogens (primary N) is 1. The quantitative estimate of drug-likeness (QED) is 0.781. The van der Waals surface area contributed by atoms with Crippen LogP contribution in [0.2, 0.25) is 0 Å². The summed E-state index contributed by atoms with van der Waals surface area (Å²) >= 11 is 0. The lowest BCUT2D eigenvalue weighted by Crippen LogP contribution is -2.18. The van der Waals surface area contributed by atoms with Crippen LogP contribution in [0.5, 0.6) is 5.75 Å². The van der Waals surface area contributed by atoms with Crippen LogP contribution in [-0.4, -0.2) is 35.2 Å². The fourth-order valence-electron chi connectivity index (χ4n) is 1.30. The maximum absolute atomic E-state index is 11.3. The number of carbonyl (C=O) groups is 1. The Kier molecular flexibility index (Phi) is 4.65. The molecule has 1 aromatic carbocycles. The first kappa shape index (κ1) is 14.4. The van der Waals surface area contributed by atoms with Gasteiger partial charge < -0.3 is 14.8 Å². The highest BCUT2D eigenvalue weighted by atomic mass is 32.2. The molecule has 0 aliphatic carbocycles. The smallest absolute Gasteiger partial charge is 0.250 e. The Morgan fingerprint density at radius 3 is 2.56 bits per heavy atom. The second-order valence-electron chi connectivity index (χ2n) is 3.39. The maximum atomic E-state index is 11.3. The number of hydrogen-bond acceptors (Lipinski definition) is 5. The molecule has 0 fully saturated rings. The summed E-state index contributed by atoms with van der Waals surface area (Å²) in [4.78, 5) is 11.1. The van der Waals surface area contributed by atoms with E-state index < -0.39 is 15.9 Å². The van der Waals surface area contributed by atoms with Crippen molar-refractivity contribution in [2.45, 2.75) is 4.90 Å². The minimum absolute atomic E-state index is 0.113. The van der Waals surface area contributed by atoms with E-state index in [9.17, 15) is 13.2 Å². The highest BCUT2D eigenvalue weighted by molar-refractivity contribution is 7.89. The first-order valence-corrected chi connectivity index (χ1v) is 6.42. The van der Waals surface area contributed by atoms with E-state index in [0.717, 1.165) is 0 Å². The molecule has 0 spiro atoms. The zero-order valence-corrected chi connectivity index (χ0v) is 10.8. The Balaban J connectivity index is 3.08. The van der Waals surface area contributed by atoms with Gasteiger partial charge in [-0.2, -0.15) is 0 Å². The largest absolute Gasteiger partial charge is 0.495 e. The Morgan fingerprint density at radius 1 is 1.39 bits per heavy atom. The molecule has 3 N–H and O–H groups in total. The van der Waals surface area contributed by atoms with Crippen LogP contribution in [0, 0.1) is 0 Å². The number of anilines is 1. The van der Waals surface area contributed by atoms with Gasteiger partial charge in [0.1, 0.15) is 17.3 Å². The van der Waals surface area contributed by atoms with Gasteiger partial charge in [0.15, 0.2) is 0 Å². The van der Waals surface area contributed by atoms with E-state index in [1.54, 1.807) is 0 Å². The van der Waals surface area contributed by atoms with Crippen molar-refractivity contribution in [3.63, 3.8) is 0 Å². The van der Waals surface area contributed by atoms with Crippen LogP contribution in [0.15, 0.2) is 23.1 Å². The minimum Gasteiger partial charge on any atom is -0.495 e. The zero-order chi connectivity index (χ0) is 13.8. The molecule has 0 saturated heterocycles. The Bertz CT molecular complexity index is 541. The number of methoxy groups -OCH3 is 2. The number of primary sulfonamides is 1. The van der Waals surface area contributed by atoms with Gasteiger partial charge in [0.05, 0.1) is 7.11 Å². The molecule has 0 aliphatic rings. The highest BCUT2D eigenvalue weighted by Crippen LogP contribution is 2.25. The third kappa shape index (κ3) is 3.69. The number of carbonyl (C=O) groups excluding carboxylic acids is 1. The van der Waals surface area contributed by atoms with Gasteiger partial charge in [0.2, 0.25) is 15.9 Å². The standard InChI is InChI=1S/C10H14N2O5S/c1-16-6-10(13)12-7-3-4-8(17-2)9(5-7)18(11,14)15/h3-5H,6H2,1-2H3,(H,12,13)(H2,11,14,15). The van der Waals surface area contributed by atoms with E-state index in [4.69, 9.17) is 9.88 Å². The van der Waals surface area contributed by atoms with Gasteiger partial charge in [0.25, 0.3) is 0 Å². The lowest BCUT2D eigenvalue weighted by Gasteiger charge is -2.10. The van der Waals surface area contributed by atoms with E-state index in [-0.39, 0.29) is 17.3 Å². The molecule has 0 aliphatic heterocycles. The van der Waals surface area contributed by atoms with Crippen LogP contribution < -0.4 is 15.2 Å². The van der Waals surface area contributed by atoms with Gasteiger partial charge >= 0.3 is 0 Å². The minimum atomic E-state index is -3.92. The van der Waals surface area contributed by atoms with Gasteiger partial charge in [-0.25, -0.2) is 13.6 Å². The predicted molar refractivity (Wildman–Crippen MR) is 64.9 cm³/mol. The molecule has 0 saturated carbocycles. The van der Waals surface area contributed by atoms with Gasteiger partial charge in [-0.05, 0) is 18.2 Å². The average Bonchev–Trinajstić information content (AvgIpc) is 2.28. The number of hydrogen-bond donors (Lipinski definition) is 2. The summed E-state index contributed by atoms with van der Waals surface area (Å²) < 4.78 is 32.2. The van der Waals surface area contributed by atoms with E-state index in [2.05, 4.69) is 10.1 Å². The molecule has 18 heavy (non-hydrogen) atoms. The molecule has 1 amide bonds. The van der Waals surface area contributed by atoms with Crippen molar-refractivity contribution in [2.75, 3.05) is 26.1 Å².